The van der Waals surface area contributed by atoms with Gasteiger partial charge in [0.05, 0.1) is 24.7 Å². The highest BCUT2D eigenvalue weighted by Crippen LogP contribution is 2.77. The zero-order chi connectivity index (χ0) is 29.1. The molecule has 0 saturated heterocycles. The molecule has 40 heavy (non-hydrogen) atoms. The zero-order valence-corrected chi connectivity index (χ0v) is 26.7. The maximum absolute atomic E-state index is 14.0. The van der Waals surface area contributed by atoms with Gasteiger partial charge in [0.1, 0.15) is 0 Å². The van der Waals surface area contributed by atoms with Crippen molar-refractivity contribution in [2.24, 2.45) is 56.7 Å². The molecule has 5 saturated carbocycles. The number of fused-ring (bicyclic) bond motifs is 7. The van der Waals surface area contributed by atoms with E-state index in [2.05, 4.69) is 48.1 Å². The van der Waals surface area contributed by atoms with Crippen LogP contribution in [0.2, 0.25) is 0 Å². The molecule has 0 aromatic heterocycles. The van der Waals surface area contributed by atoms with E-state index >= 15 is 0 Å². The molecule has 5 rings (SSSR count). The van der Waals surface area contributed by atoms with E-state index in [1.54, 1.807) is 0 Å². The van der Waals surface area contributed by atoms with E-state index in [0.717, 1.165) is 64.2 Å². The lowest BCUT2D eigenvalue weighted by Crippen LogP contribution is -2.67. The molecule has 0 heterocycles. The number of esters is 1. The molecule has 0 aliphatic heterocycles. The van der Waals surface area contributed by atoms with Crippen LogP contribution in [-0.4, -0.2) is 35.5 Å². The number of hydrogen-bond donors (Lipinski definition) is 2. The third kappa shape index (κ3) is 4.15. The van der Waals surface area contributed by atoms with Gasteiger partial charge in [0.25, 0.3) is 0 Å². The molecule has 2 N–H and O–H groups in total. The number of carbonyl (C=O) groups is 1. The summed E-state index contributed by atoms with van der Waals surface area (Å²) in [6.07, 6.45) is 14.7. The predicted octanol–water partition coefficient (Wildman–Crippen LogP) is 8.10. The fourth-order valence-corrected chi connectivity index (χ4v) is 12.4. The van der Waals surface area contributed by atoms with Crippen LogP contribution in [0, 0.1) is 56.7 Å². The van der Waals surface area contributed by atoms with Gasteiger partial charge < -0.3 is 14.9 Å². The molecule has 0 aromatic rings. The van der Waals surface area contributed by atoms with Gasteiger partial charge in [-0.25, -0.2) is 0 Å². The second-order valence-corrected chi connectivity index (χ2v) is 16.3. The van der Waals surface area contributed by atoms with Gasteiger partial charge in [-0.15, -0.1) is 0 Å². The van der Waals surface area contributed by atoms with Crippen molar-refractivity contribution in [3.8, 4) is 0 Å². The summed E-state index contributed by atoms with van der Waals surface area (Å²) < 4.78 is 6.12. The van der Waals surface area contributed by atoms with E-state index in [1.165, 1.54) is 31.3 Å². The van der Waals surface area contributed by atoms with Crippen LogP contribution < -0.4 is 0 Å². The molecule has 228 valence electrons. The fourth-order valence-electron chi connectivity index (χ4n) is 12.4. The second kappa shape index (κ2) is 10.7. The lowest BCUT2D eigenvalue weighted by atomic mass is 9.32. The number of rotatable bonds is 8. The SMILES string of the molecule is C=C(C)[C@@H]1CC[C@]2(C(=O)OCCCCCC)CC[C@]3(C)[C@H](CC[C@@H]4[C@@]5(C)CC[C@H](O)[C@@](C)(CO)[C@@H]5CC[C@]43C)[C@@H]12. The molecule has 0 bridgehead atoms. The van der Waals surface area contributed by atoms with Gasteiger partial charge in [-0.3, -0.25) is 4.79 Å². The van der Waals surface area contributed by atoms with Crippen molar-refractivity contribution in [1.29, 1.82) is 0 Å². The summed E-state index contributed by atoms with van der Waals surface area (Å²) in [6, 6.07) is 0. The van der Waals surface area contributed by atoms with E-state index < -0.39 is 11.5 Å². The molecule has 5 fully saturated rings. The Morgan fingerprint density at radius 3 is 2.30 bits per heavy atom. The van der Waals surface area contributed by atoms with Crippen molar-refractivity contribution in [2.75, 3.05) is 13.2 Å². The van der Waals surface area contributed by atoms with Crippen LogP contribution >= 0.6 is 0 Å². The number of unbranched alkanes of at least 4 members (excludes halogenated alkanes) is 3. The van der Waals surface area contributed by atoms with Gasteiger partial charge in [0.2, 0.25) is 0 Å². The molecular formula is C36H60O4. The molecule has 0 aromatic carbocycles. The average molecular weight is 557 g/mol. The van der Waals surface area contributed by atoms with Gasteiger partial charge in [0.15, 0.2) is 0 Å². The Kier molecular flexibility index (Phi) is 8.17. The quantitative estimate of drug-likeness (QED) is 0.180. The molecule has 5 aliphatic rings. The smallest absolute Gasteiger partial charge is 0.312 e. The maximum Gasteiger partial charge on any atom is 0.312 e. The minimum atomic E-state index is -0.412. The van der Waals surface area contributed by atoms with Crippen molar-refractivity contribution in [2.45, 2.75) is 138 Å². The van der Waals surface area contributed by atoms with Crippen LogP contribution in [0.15, 0.2) is 12.2 Å². The molecule has 0 unspecified atom stereocenters. The molecule has 4 nitrogen and oxygen atoms in total. The Labute approximate surface area is 245 Å². The summed E-state index contributed by atoms with van der Waals surface area (Å²) in [4.78, 5) is 14.0. The van der Waals surface area contributed by atoms with Crippen molar-refractivity contribution in [3.05, 3.63) is 12.2 Å². The van der Waals surface area contributed by atoms with Crippen molar-refractivity contribution in [1.82, 2.24) is 0 Å². The summed E-state index contributed by atoms with van der Waals surface area (Å²) in [6.45, 7) is 19.4. The normalized spacial score (nSPS) is 49.8. The molecular weight excluding hydrogens is 496 g/mol. The summed E-state index contributed by atoms with van der Waals surface area (Å²) in [5.74, 6) is 2.30. The van der Waals surface area contributed by atoms with Crippen LogP contribution in [0.1, 0.15) is 131 Å². The Morgan fingerprint density at radius 2 is 1.62 bits per heavy atom. The molecule has 0 spiro atoms. The third-order valence-electron chi connectivity index (χ3n) is 14.8. The van der Waals surface area contributed by atoms with Crippen molar-refractivity contribution >= 4 is 5.97 Å². The topological polar surface area (TPSA) is 66.8 Å². The van der Waals surface area contributed by atoms with Crippen LogP contribution in [-0.2, 0) is 9.53 Å². The Hall–Kier alpha value is -0.870. The predicted molar refractivity (Wildman–Crippen MR) is 161 cm³/mol. The summed E-state index contributed by atoms with van der Waals surface area (Å²) >= 11 is 0. The van der Waals surface area contributed by atoms with Gasteiger partial charge >= 0.3 is 5.97 Å². The maximum atomic E-state index is 14.0. The Balaban J connectivity index is 1.46. The number of ether oxygens (including phenoxy) is 1. The molecule has 11 atom stereocenters. The fraction of sp³-hybridized carbons (Fsp3) is 0.917. The standard InChI is InChI=1S/C36H60O4/c1-8-9-10-11-22-40-31(39)36-19-14-25(24(2)3)30(36)26-12-13-28-32(4)17-16-29(38)33(5,23-37)27(32)15-18-35(28,7)34(26,6)20-21-36/h25-30,37-38H,2,8-23H2,1,3-7H3/t25-,26+,27+,28+,29-,30+,32-,33-,34+,35+,36-/m0/s1. The number of aliphatic hydroxyl groups is 2. The van der Waals surface area contributed by atoms with E-state index in [0.29, 0.717) is 36.2 Å². The van der Waals surface area contributed by atoms with Crippen LogP contribution in [0.25, 0.3) is 0 Å². The Morgan fingerprint density at radius 1 is 0.875 bits per heavy atom. The second-order valence-electron chi connectivity index (χ2n) is 16.3. The number of allylic oxidation sites excluding steroid dienone is 1. The lowest BCUT2D eigenvalue weighted by Gasteiger charge is -2.72. The van der Waals surface area contributed by atoms with Gasteiger partial charge in [-0.05, 0) is 123 Å². The van der Waals surface area contributed by atoms with E-state index in [9.17, 15) is 15.0 Å². The van der Waals surface area contributed by atoms with Crippen molar-refractivity contribution in [3.63, 3.8) is 0 Å². The summed E-state index contributed by atoms with van der Waals surface area (Å²) in [5.41, 5.74) is 1.00. The number of carbonyl (C=O) groups excluding carboxylic acids is 1. The van der Waals surface area contributed by atoms with Gasteiger partial charge in [-0.1, -0.05) is 66.0 Å². The highest BCUT2D eigenvalue weighted by atomic mass is 16.5. The van der Waals surface area contributed by atoms with Gasteiger partial charge in [0, 0.05) is 5.41 Å². The monoisotopic (exact) mass is 556 g/mol. The molecule has 0 amide bonds. The minimum absolute atomic E-state index is 0.0726. The van der Waals surface area contributed by atoms with Crippen LogP contribution in [0.3, 0.4) is 0 Å². The third-order valence-corrected chi connectivity index (χ3v) is 14.8. The minimum Gasteiger partial charge on any atom is -0.465 e. The first-order valence-corrected chi connectivity index (χ1v) is 17.0. The lowest BCUT2D eigenvalue weighted by molar-refractivity contribution is -0.254. The molecule has 4 heteroatoms. The summed E-state index contributed by atoms with van der Waals surface area (Å²) in [5, 5.41) is 21.6. The molecule has 5 aliphatic carbocycles. The van der Waals surface area contributed by atoms with E-state index in [4.69, 9.17) is 4.74 Å². The average Bonchev–Trinajstić information content (AvgIpc) is 3.32. The highest BCUT2D eigenvalue weighted by molar-refractivity contribution is 5.78. The van der Waals surface area contributed by atoms with E-state index in [1.807, 2.05) is 0 Å². The number of aliphatic hydroxyl groups excluding tert-OH is 2. The Bertz CT molecular complexity index is 976. The first-order valence-electron chi connectivity index (χ1n) is 17.0. The van der Waals surface area contributed by atoms with Crippen molar-refractivity contribution < 1.29 is 19.7 Å². The molecule has 0 radical (unpaired) electrons. The largest absolute Gasteiger partial charge is 0.465 e. The first kappa shape index (κ1) is 30.6. The highest BCUT2D eigenvalue weighted by Gasteiger charge is 2.72. The van der Waals surface area contributed by atoms with Gasteiger partial charge in [-0.2, -0.15) is 0 Å². The first-order chi connectivity index (χ1) is 18.9. The van der Waals surface area contributed by atoms with E-state index in [-0.39, 0.29) is 34.2 Å². The summed E-state index contributed by atoms with van der Waals surface area (Å²) in [7, 11) is 0. The zero-order valence-electron chi connectivity index (χ0n) is 26.7. The number of hydrogen-bond acceptors (Lipinski definition) is 4. The van der Waals surface area contributed by atoms with Crippen LogP contribution in [0.4, 0.5) is 0 Å². The van der Waals surface area contributed by atoms with Crippen LogP contribution in [0.5, 0.6) is 0 Å².